The Morgan fingerprint density at radius 3 is 2.63 bits per heavy atom. The zero-order valence-electron chi connectivity index (χ0n) is 12.0. The number of hydrogen-bond acceptors (Lipinski definition) is 1. The summed E-state index contributed by atoms with van der Waals surface area (Å²) in [4.78, 5) is 0. The predicted molar refractivity (Wildman–Crippen MR) is 81.3 cm³/mol. The molecule has 0 heterocycles. The lowest BCUT2D eigenvalue weighted by molar-refractivity contribution is 0.295. The number of benzene rings is 1. The standard InChI is InChI=1S/C18H27N/c19-18(13-14-7-2-1-3-8-14)17-12-6-10-15-9-4-5-11-16(15)17/h4-5,9,11,14,17-18H,1-3,6-8,10,12-13,19H2. The van der Waals surface area contributed by atoms with Gasteiger partial charge in [-0.05, 0) is 48.6 Å². The van der Waals surface area contributed by atoms with Crippen LogP contribution in [0.25, 0.3) is 0 Å². The minimum atomic E-state index is 0.379. The average Bonchev–Trinajstić information content (AvgIpc) is 2.47. The van der Waals surface area contributed by atoms with E-state index in [2.05, 4.69) is 24.3 Å². The molecule has 1 aromatic carbocycles. The van der Waals surface area contributed by atoms with Crippen LogP contribution in [-0.4, -0.2) is 6.04 Å². The molecular formula is C18H27N. The van der Waals surface area contributed by atoms with E-state index in [1.807, 2.05) is 0 Å². The van der Waals surface area contributed by atoms with Crippen LogP contribution in [0.4, 0.5) is 0 Å². The molecule has 0 saturated heterocycles. The quantitative estimate of drug-likeness (QED) is 0.853. The molecular weight excluding hydrogens is 230 g/mol. The van der Waals surface area contributed by atoms with E-state index < -0.39 is 0 Å². The van der Waals surface area contributed by atoms with Gasteiger partial charge in [-0.2, -0.15) is 0 Å². The molecule has 2 N–H and O–H groups in total. The van der Waals surface area contributed by atoms with Gasteiger partial charge in [0, 0.05) is 6.04 Å². The second-order valence-corrected chi connectivity index (χ2v) is 6.60. The highest BCUT2D eigenvalue weighted by Gasteiger charge is 2.27. The normalized spacial score (nSPS) is 25.8. The van der Waals surface area contributed by atoms with Crippen LogP contribution < -0.4 is 5.73 Å². The van der Waals surface area contributed by atoms with Gasteiger partial charge in [0.1, 0.15) is 0 Å². The molecule has 0 spiro atoms. The zero-order valence-corrected chi connectivity index (χ0v) is 12.0. The first-order valence-corrected chi connectivity index (χ1v) is 8.18. The third-order valence-corrected chi connectivity index (χ3v) is 5.26. The second kappa shape index (κ2) is 6.09. The van der Waals surface area contributed by atoms with Crippen molar-refractivity contribution >= 4 is 0 Å². The first kappa shape index (κ1) is 13.2. The van der Waals surface area contributed by atoms with Gasteiger partial charge < -0.3 is 5.73 Å². The van der Waals surface area contributed by atoms with E-state index in [4.69, 9.17) is 5.73 Å². The lowest BCUT2D eigenvalue weighted by Crippen LogP contribution is -2.33. The topological polar surface area (TPSA) is 26.0 Å². The Labute approximate surface area is 117 Å². The summed E-state index contributed by atoms with van der Waals surface area (Å²) in [5.41, 5.74) is 9.70. The van der Waals surface area contributed by atoms with E-state index >= 15 is 0 Å². The van der Waals surface area contributed by atoms with Crippen molar-refractivity contribution < 1.29 is 0 Å². The summed E-state index contributed by atoms with van der Waals surface area (Å²) < 4.78 is 0. The third-order valence-electron chi connectivity index (χ3n) is 5.26. The molecule has 1 saturated carbocycles. The highest BCUT2D eigenvalue weighted by Crippen LogP contribution is 2.37. The summed E-state index contributed by atoms with van der Waals surface area (Å²) in [6.07, 6.45) is 12.3. The van der Waals surface area contributed by atoms with Gasteiger partial charge in [0.05, 0.1) is 0 Å². The maximum Gasteiger partial charge on any atom is 0.0111 e. The first-order chi connectivity index (χ1) is 9.34. The number of aryl methyl sites for hydroxylation is 1. The van der Waals surface area contributed by atoms with Crippen LogP contribution in [0, 0.1) is 5.92 Å². The Bertz CT molecular complexity index is 406. The summed E-state index contributed by atoms with van der Waals surface area (Å²) >= 11 is 0. The Hall–Kier alpha value is -0.820. The minimum absolute atomic E-state index is 0.379. The van der Waals surface area contributed by atoms with Gasteiger partial charge in [-0.15, -0.1) is 0 Å². The van der Waals surface area contributed by atoms with Crippen LogP contribution in [0.2, 0.25) is 0 Å². The number of fused-ring (bicyclic) bond motifs is 1. The highest BCUT2D eigenvalue weighted by molar-refractivity contribution is 5.33. The summed E-state index contributed by atoms with van der Waals surface area (Å²) in [5.74, 6) is 1.52. The molecule has 2 atom stereocenters. The molecule has 1 heteroatoms. The zero-order chi connectivity index (χ0) is 13.1. The molecule has 3 rings (SSSR count). The predicted octanol–water partition coefficient (Wildman–Crippen LogP) is 4.40. The molecule has 19 heavy (non-hydrogen) atoms. The maximum absolute atomic E-state index is 6.59. The van der Waals surface area contributed by atoms with Crippen molar-refractivity contribution in [2.24, 2.45) is 11.7 Å². The van der Waals surface area contributed by atoms with Crippen molar-refractivity contribution in [1.82, 2.24) is 0 Å². The van der Waals surface area contributed by atoms with Crippen LogP contribution in [0.15, 0.2) is 24.3 Å². The Morgan fingerprint density at radius 2 is 1.79 bits per heavy atom. The molecule has 2 aliphatic carbocycles. The summed E-state index contributed by atoms with van der Waals surface area (Å²) in [6, 6.07) is 9.36. The molecule has 2 aliphatic rings. The van der Waals surface area contributed by atoms with E-state index in [0.717, 1.165) is 5.92 Å². The van der Waals surface area contributed by atoms with Gasteiger partial charge in [0.15, 0.2) is 0 Å². The fourth-order valence-electron chi connectivity index (χ4n) is 4.21. The van der Waals surface area contributed by atoms with Crippen molar-refractivity contribution in [3.63, 3.8) is 0 Å². The molecule has 0 radical (unpaired) electrons. The SMILES string of the molecule is NC(CC1CCCCC1)C1CCCc2ccccc21. The molecule has 104 valence electrons. The molecule has 0 amide bonds. The Morgan fingerprint density at radius 1 is 1.00 bits per heavy atom. The third kappa shape index (κ3) is 3.02. The lowest BCUT2D eigenvalue weighted by atomic mass is 9.75. The lowest BCUT2D eigenvalue weighted by Gasteiger charge is -2.33. The van der Waals surface area contributed by atoms with Crippen LogP contribution >= 0.6 is 0 Å². The highest BCUT2D eigenvalue weighted by atomic mass is 14.7. The smallest absolute Gasteiger partial charge is 0.0111 e. The molecule has 0 aromatic heterocycles. The maximum atomic E-state index is 6.59. The van der Waals surface area contributed by atoms with Crippen molar-refractivity contribution in [2.45, 2.75) is 69.7 Å². The van der Waals surface area contributed by atoms with E-state index in [1.165, 1.54) is 57.8 Å². The van der Waals surface area contributed by atoms with Crippen molar-refractivity contribution in [1.29, 1.82) is 0 Å². The minimum Gasteiger partial charge on any atom is -0.327 e. The average molecular weight is 257 g/mol. The van der Waals surface area contributed by atoms with Crippen molar-refractivity contribution in [3.8, 4) is 0 Å². The van der Waals surface area contributed by atoms with Gasteiger partial charge in [-0.3, -0.25) is 0 Å². The molecule has 0 bridgehead atoms. The molecule has 1 aromatic rings. The monoisotopic (exact) mass is 257 g/mol. The van der Waals surface area contributed by atoms with E-state index in [1.54, 1.807) is 11.1 Å². The van der Waals surface area contributed by atoms with Gasteiger partial charge in [0.25, 0.3) is 0 Å². The summed E-state index contributed by atoms with van der Waals surface area (Å²) in [7, 11) is 0. The van der Waals surface area contributed by atoms with Crippen molar-refractivity contribution in [2.75, 3.05) is 0 Å². The molecule has 1 nitrogen and oxygen atoms in total. The summed E-state index contributed by atoms with van der Waals surface area (Å²) in [6.45, 7) is 0. The van der Waals surface area contributed by atoms with Gasteiger partial charge in [-0.1, -0.05) is 56.4 Å². The van der Waals surface area contributed by atoms with E-state index in [-0.39, 0.29) is 0 Å². The number of nitrogens with two attached hydrogens (primary N) is 1. The van der Waals surface area contributed by atoms with Gasteiger partial charge in [-0.25, -0.2) is 0 Å². The van der Waals surface area contributed by atoms with Crippen LogP contribution in [0.3, 0.4) is 0 Å². The number of hydrogen-bond donors (Lipinski definition) is 1. The fourth-order valence-corrected chi connectivity index (χ4v) is 4.21. The van der Waals surface area contributed by atoms with E-state index in [0.29, 0.717) is 12.0 Å². The molecule has 1 fully saturated rings. The second-order valence-electron chi connectivity index (χ2n) is 6.60. The van der Waals surface area contributed by atoms with Crippen LogP contribution in [0.5, 0.6) is 0 Å². The van der Waals surface area contributed by atoms with E-state index in [9.17, 15) is 0 Å². The molecule has 0 aliphatic heterocycles. The fraction of sp³-hybridized carbons (Fsp3) is 0.667. The number of rotatable bonds is 3. The van der Waals surface area contributed by atoms with Crippen molar-refractivity contribution in [3.05, 3.63) is 35.4 Å². The Kier molecular flexibility index (Phi) is 4.22. The van der Waals surface area contributed by atoms with Gasteiger partial charge in [0.2, 0.25) is 0 Å². The molecule has 2 unspecified atom stereocenters. The summed E-state index contributed by atoms with van der Waals surface area (Å²) in [5, 5.41) is 0. The largest absolute Gasteiger partial charge is 0.327 e. The first-order valence-electron chi connectivity index (χ1n) is 8.18. The Balaban J connectivity index is 1.68. The van der Waals surface area contributed by atoms with Gasteiger partial charge >= 0.3 is 0 Å². The van der Waals surface area contributed by atoms with Crippen LogP contribution in [0.1, 0.15) is 68.4 Å². The van der Waals surface area contributed by atoms with Crippen LogP contribution in [-0.2, 0) is 6.42 Å².